The van der Waals surface area contributed by atoms with Crippen molar-refractivity contribution in [2.45, 2.75) is 0 Å². The van der Waals surface area contributed by atoms with Crippen LogP contribution in [0.3, 0.4) is 0 Å². The van der Waals surface area contributed by atoms with Gasteiger partial charge in [0, 0.05) is 24.2 Å². The van der Waals surface area contributed by atoms with Crippen LogP contribution in [0.15, 0.2) is 49.3 Å². The molecule has 2 aromatic rings. The van der Waals surface area contributed by atoms with Crippen LogP contribution in [-0.2, 0) is 0 Å². The zero-order valence-corrected chi connectivity index (χ0v) is 7.22. The van der Waals surface area contributed by atoms with Gasteiger partial charge in [0.05, 0.1) is 0 Å². The highest BCUT2D eigenvalue weighted by Crippen LogP contribution is 2.16. The molecule has 0 N–H and O–H groups in total. The minimum absolute atomic E-state index is 0.926. The monoisotopic (exact) mass is 170 g/mol. The zero-order valence-electron chi connectivity index (χ0n) is 7.22. The smallest absolute Gasteiger partial charge is 0.143 e. The van der Waals surface area contributed by atoms with Crippen LogP contribution in [0.4, 0.5) is 0 Å². The largest absolute Gasteiger partial charge is 0.307 e. The van der Waals surface area contributed by atoms with E-state index in [2.05, 4.69) is 11.6 Å². The molecule has 0 aliphatic rings. The lowest BCUT2D eigenvalue weighted by Gasteiger charge is -2.00. The molecule has 2 rings (SSSR count). The highest BCUT2D eigenvalue weighted by molar-refractivity contribution is 5.57. The molecule has 2 nitrogen and oxygen atoms in total. The molecule has 0 amide bonds. The fourth-order valence-electron chi connectivity index (χ4n) is 1.27. The molecule has 64 valence electrons. The van der Waals surface area contributed by atoms with Gasteiger partial charge in [-0.3, -0.25) is 0 Å². The van der Waals surface area contributed by atoms with E-state index in [9.17, 15) is 0 Å². The fourth-order valence-corrected chi connectivity index (χ4v) is 1.27. The molecule has 2 heteroatoms. The summed E-state index contributed by atoms with van der Waals surface area (Å²) in [7, 11) is 0. The molecule has 0 spiro atoms. The third-order valence-corrected chi connectivity index (χ3v) is 1.90. The lowest BCUT2D eigenvalue weighted by molar-refractivity contribution is 1.15. The molecular formula is C11H10N2. The molecule has 0 unspecified atom stereocenters. The van der Waals surface area contributed by atoms with Gasteiger partial charge in [-0.1, -0.05) is 36.9 Å². The topological polar surface area (TPSA) is 17.8 Å². The third-order valence-electron chi connectivity index (χ3n) is 1.90. The van der Waals surface area contributed by atoms with E-state index in [-0.39, 0.29) is 0 Å². The molecule has 0 fully saturated rings. The standard InChI is InChI=1S/C11H10N2/c1-2-13-9-8-12-11(13)10-6-4-3-5-7-10/h2-9H,1H2. The van der Waals surface area contributed by atoms with Gasteiger partial charge in [0.1, 0.15) is 5.82 Å². The second-order valence-corrected chi connectivity index (χ2v) is 2.71. The molecular weight excluding hydrogens is 160 g/mol. The van der Waals surface area contributed by atoms with Crippen molar-refractivity contribution in [1.82, 2.24) is 9.55 Å². The number of imidazole rings is 1. The SMILES string of the molecule is C=Cn1ccnc1-c1ccccc1. The van der Waals surface area contributed by atoms with Crippen molar-refractivity contribution < 1.29 is 0 Å². The molecule has 0 saturated carbocycles. The van der Waals surface area contributed by atoms with Crippen molar-refractivity contribution in [3.05, 3.63) is 49.3 Å². The van der Waals surface area contributed by atoms with Crippen LogP contribution in [0.1, 0.15) is 0 Å². The van der Waals surface area contributed by atoms with Gasteiger partial charge in [0.25, 0.3) is 0 Å². The Morgan fingerprint density at radius 3 is 2.69 bits per heavy atom. The van der Waals surface area contributed by atoms with Gasteiger partial charge >= 0.3 is 0 Å². The molecule has 13 heavy (non-hydrogen) atoms. The average Bonchev–Trinajstić information content (AvgIpc) is 2.67. The summed E-state index contributed by atoms with van der Waals surface area (Å²) in [6.45, 7) is 3.71. The van der Waals surface area contributed by atoms with E-state index < -0.39 is 0 Å². The average molecular weight is 170 g/mol. The molecule has 1 aromatic carbocycles. The second-order valence-electron chi connectivity index (χ2n) is 2.71. The molecule has 0 atom stereocenters. The summed E-state index contributed by atoms with van der Waals surface area (Å²) in [5.41, 5.74) is 1.10. The highest BCUT2D eigenvalue weighted by atomic mass is 15.0. The Labute approximate surface area is 77.2 Å². The fraction of sp³-hybridized carbons (Fsp3) is 0. The summed E-state index contributed by atoms with van der Waals surface area (Å²) in [6.07, 6.45) is 5.40. The minimum Gasteiger partial charge on any atom is -0.307 e. The van der Waals surface area contributed by atoms with Gasteiger partial charge in [0.2, 0.25) is 0 Å². The lowest BCUT2D eigenvalue weighted by atomic mass is 10.2. The van der Waals surface area contributed by atoms with Crippen molar-refractivity contribution in [2.75, 3.05) is 0 Å². The Balaban J connectivity index is 2.52. The minimum atomic E-state index is 0.926. The zero-order chi connectivity index (χ0) is 9.10. The molecule has 0 bridgehead atoms. The van der Waals surface area contributed by atoms with Crippen LogP contribution in [0.5, 0.6) is 0 Å². The van der Waals surface area contributed by atoms with E-state index >= 15 is 0 Å². The number of rotatable bonds is 2. The number of hydrogen-bond acceptors (Lipinski definition) is 1. The molecule has 0 radical (unpaired) electrons. The van der Waals surface area contributed by atoms with Gasteiger partial charge in [-0.25, -0.2) is 4.98 Å². The third kappa shape index (κ3) is 1.38. The molecule has 0 aliphatic heterocycles. The maximum absolute atomic E-state index is 4.25. The van der Waals surface area contributed by atoms with Gasteiger partial charge in [0.15, 0.2) is 0 Å². The second kappa shape index (κ2) is 3.27. The van der Waals surface area contributed by atoms with Crippen molar-refractivity contribution in [1.29, 1.82) is 0 Å². The normalized spacial score (nSPS) is 9.85. The van der Waals surface area contributed by atoms with Crippen molar-refractivity contribution in [2.24, 2.45) is 0 Å². The van der Waals surface area contributed by atoms with Gasteiger partial charge in [-0.05, 0) is 0 Å². The summed E-state index contributed by atoms with van der Waals surface area (Å²) >= 11 is 0. The Morgan fingerprint density at radius 1 is 1.23 bits per heavy atom. The van der Waals surface area contributed by atoms with Crippen LogP contribution >= 0.6 is 0 Å². The Morgan fingerprint density at radius 2 is 2.00 bits per heavy atom. The summed E-state index contributed by atoms with van der Waals surface area (Å²) in [5, 5.41) is 0. The van der Waals surface area contributed by atoms with Crippen molar-refractivity contribution in [3.8, 4) is 11.4 Å². The van der Waals surface area contributed by atoms with E-state index in [1.54, 1.807) is 12.4 Å². The summed E-state index contributed by atoms with van der Waals surface area (Å²) in [5.74, 6) is 0.926. The molecule has 0 saturated heterocycles. The van der Waals surface area contributed by atoms with Crippen molar-refractivity contribution >= 4 is 6.20 Å². The van der Waals surface area contributed by atoms with Crippen LogP contribution in [0, 0.1) is 0 Å². The van der Waals surface area contributed by atoms with Gasteiger partial charge in [-0.15, -0.1) is 0 Å². The maximum Gasteiger partial charge on any atom is 0.143 e. The maximum atomic E-state index is 4.25. The Bertz CT molecular complexity index is 401. The lowest BCUT2D eigenvalue weighted by Crippen LogP contribution is -1.88. The summed E-state index contributed by atoms with van der Waals surface area (Å²) in [4.78, 5) is 4.25. The highest BCUT2D eigenvalue weighted by Gasteiger charge is 2.01. The molecule has 0 aliphatic carbocycles. The first-order chi connectivity index (χ1) is 6.42. The Hall–Kier alpha value is -1.83. The number of hydrogen-bond donors (Lipinski definition) is 0. The first-order valence-corrected chi connectivity index (χ1v) is 4.12. The molecule has 1 aromatic heterocycles. The quantitative estimate of drug-likeness (QED) is 0.677. The molecule has 1 heterocycles. The number of aromatic nitrogens is 2. The van der Waals surface area contributed by atoms with E-state index in [1.807, 2.05) is 41.1 Å². The van der Waals surface area contributed by atoms with Gasteiger partial charge < -0.3 is 4.57 Å². The van der Waals surface area contributed by atoms with E-state index in [0.29, 0.717) is 0 Å². The summed E-state index contributed by atoms with van der Waals surface area (Å²) < 4.78 is 1.90. The van der Waals surface area contributed by atoms with Crippen LogP contribution in [-0.4, -0.2) is 9.55 Å². The summed E-state index contributed by atoms with van der Waals surface area (Å²) in [6, 6.07) is 10.0. The van der Waals surface area contributed by atoms with E-state index in [0.717, 1.165) is 11.4 Å². The predicted octanol–water partition coefficient (Wildman–Crippen LogP) is 2.65. The van der Waals surface area contributed by atoms with Crippen LogP contribution < -0.4 is 0 Å². The van der Waals surface area contributed by atoms with Crippen LogP contribution in [0.25, 0.3) is 17.6 Å². The van der Waals surface area contributed by atoms with Crippen LogP contribution in [0.2, 0.25) is 0 Å². The van der Waals surface area contributed by atoms with E-state index in [1.165, 1.54) is 0 Å². The van der Waals surface area contributed by atoms with Gasteiger partial charge in [-0.2, -0.15) is 0 Å². The van der Waals surface area contributed by atoms with Crippen molar-refractivity contribution in [3.63, 3.8) is 0 Å². The number of benzene rings is 1. The number of nitrogens with zero attached hydrogens (tertiary/aromatic N) is 2. The first-order valence-electron chi connectivity index (χ1n) is 4.12. The Kier molecular flexibility index (Phi) is 1.96. The van der Waals surface area contributed by atoms with E-state index in [4.69, 9.17) is 0 Å². The predicted molar refractivity (Wildman–Crippen MR) is 54.1 cm³/mol. The first kappa shape index (κ1) is 7.80.